The number of para-hydroxylation sites is 1. The molecule has 2 heterocycles. The molecule has 4 atom stereocenters. The second-order valence-electron chi connectivity index (χ2n) is 7.73. The number of nitrogens with two attached hydrogens (primary N) is 2. The third-order valence-electron chi connectivity index (χ3n) is 5.13. The minimum atomic E-state index is -2.52. The number of nitrogens with one attached hydrogen (secondary N) is 1. The Labute approximate surface area is 212 Å². The van der Waals surface area contributed by atoms with E-state index in [1.807, 2.05) is 24.3 Å². The summed E-state index contributed by atoms with van der Waals surface area (Å²) in [7, 11) is 0. The normalized spacial score (nSPS) is 18.6. The maximum Gasteiger partial charge on any atom is 0.330 e. The summed E-state index contributed by atoms with van der Waals surface area (Å²) >= 11 is -1.26. The van der Waals surface area contributed by atoms with Gasteiger partial charge in [-0.2, -0.15) is 4.21 Å². The molecule has 0 aliphatic carbocycles. The van der Waals surface area contributed by atoms with Crippen molar-refractivity contribution in [2.75, 3.05) is 13.1 Å². The van der Waals surface area contributed by atoms with Crippen LogP contribution in [0.5, 0.6) is 0 Å². The fourth-order valence-electron chi connectivity index (χ4n) is 3.58. The van der Waals surface area contributed by atoms with E-state index in [1.165, 1.54) is 23.2 Å². The Morgan fingerprint density at radius 3 is 2.61 bits per heavy atom. The highest BCUT2D eigenvalue weighted by Gasteiger charge is 2.39. The van der Waals surface area contributed by atoms with Gasteiger partial charge in [0.15, 0.2) is 11.0 Å². The van der Waals surface area contributed by atoms with Crippen molar-refractivity contribution >= 4 is 56.5 Å². The number of benzene rings is 1. The Bertz CT molecular complexity index is 1090. The highest BCUT2D eigenvalue weighted by Crippen LogP contribution is 2.24. The van der Waals surface area contributed by atoms with E-state index < -0.39 is 35.5 Å². The summed E-state index contributed by atoms with van der Waals surface area (Å²) < 4.78 is 20.0. The molecule has 1 aromatic heterocycles. The number of thiazole rings is 1. The molecule has 16 heteroatoms. The van der Waals surface area contributed by atoms with Gasteiger partial charge in [-0.25, -0.2) is 10.2 Å². The van der Waals surface area contributed by atoms with Gasteiger partial charge in [0.1, 0.15) is 6.04 Å². The number of β-amino-alcohol motifs (C(OH)–C–C–N with tert-alkyl or cyclic N) is 1. The van der Waals surface area contributed by atoms with E-state index in [-0.39, 0.29) is 30.6 Å². The van der Waals surface area contributed by atoms with Crippen molar-refractivity contribution in [2.24, 2.45) is 16.5 Å². The topological polar surface area (TPSA) is 231 Å². The van der Waals surface area contributed by atoms with Gasteiger partial charge >= 0.3 is 11.4 Å². The van der Waals surface area contributed by atoms with Crippen molar-refractivity contribution in [1.82, 2.24) is 15.2 Å². The van der Waals surface area contributed by atoms with Crippen molar-refractivity contribution in [3.63, 3.8) is 0 Å². The molecule has 0 spiro atoms. The molecule has 0 bridgehead atoms. The van der Waals surface area contributed by atoms with Crippen LogP contribution in [0.1, 0.15) is 36.0 Å². The second kappa shape index (κ2) is 13.9. The van der Waals surface area contributed by atoms with E-state index in [0.717, 1.165) is 4.70 Å². The van der Waals surface area contributed by atoms with Crippen molar-refractivity contribution in [3.8, 4) is 0 Å². The lowest BCUT2D eigenvalue weighted by molar-refractivity contribution is -0.137. The Morgan fingerprint density at radius 2 is 2.03 bits per heavy atom. The maximum atomic E-state index is 13.2. The molecule has 1 aliphatic heterocycles. The van der Waals surface area contributed by atoms with Crippen LogP contribution < -0.4 is 16.8 Å². The fraction of sp³-hybridized carbons (Fsp3) is 0.450. The number of ketones is 1. The van der Waals surface area contributed by atoms with Gasteiger partial charge in [0.25, 0.3) is 0 Å². The zero-order valence-electron chi connectivity index (χ0n) is 19.3. The van der Waals surface area contributed by atoms with Crippen LogP contribution in [0.15, 0.2) is 29.3 Å². The monoisotopic (exact) mass is 544 g/mol. The summed E-state index contributed by atoms with van der Waals surface area (Å²) in [4.78, 5) is 47.6. The molecule has 2 aromatic rings. The molecule has 8 N–H and O–H groups in total. The number of aliphatic hydroxyl groups excluding tert-OH is 1. The molecule has 1 fully saturated rings. The van der Waals surface area contributed by atoms with Gasteiger partial charge in [-0.05, 0) is 25.0 Å². The number of guanidine groups is 1. The number of carbonyl (C=O) groups excluding carboxylic acids is 3. The number of hydrogen-bond acceptors (Lipinski definition) is 10. The number of nitrogens with zero attached hydrogens (tertiary/aromatic N) is 3. The van der Waals surface area contributed by atoms with Gasteiger partial charge in [-0.3, -0.25) is 23.9 Å². The molecule has 36 heavy (non-hydrogen) atoms. The van der Waals surface area contributed by atoms with E-state index in [2.05, 4.69) is 19.6 Å². The Hall–Kier alpha value is -3.02. The third kappa shape index (κ3) is 8.58. The quantitative estimate of drug-likeness (QED) is 0.0452. The van der Waals surface area contributed by atoms with Crippen LogP contribution in [0.3, 0.4) is 0 Å². The van der Waals surface area contributed by atoms with Crippen molar-refractivity contribution in [3.05, 3.63) is 29.3 Å². The molecule has 2 amide bonds. The molecular weight excluding hydrogens is 516 g/mol. The number of aliphatic imine (C=N–C) groups is 1. The third-order valence-corrected chi connectivity index (χ3v) is 6.31. The highest BCUT2D eigenvalue weighted by molar-refractivity contribution is 7.74. The minimum absolute atomic E-state index is 0.0462. The van der Waals surface area contributed by atoms with Gasteiger partial charge in [0, 0.05) is 26.4 Å². The molecular formula is C20H28N6O8S2. The predicted octanol–water partition coefficient (Wildman–Crippen LogP) is -0.388. The summed E-state index contributed by atoms with van der Waals surface area (Å²) in [5, 5.41) is 20.1. The lowest BCUT2D eigenvalue weighted by atomic mass is 10.1. The van der Waals surface area contributed by atoms with Crippen molar-refractivity contribution in [2.45, 2.75) is 44.4 Å². The van der Waals surface area contributed by atoms with Crippen LogP contribution in [-0.4, -0.2) is 83.8 Å². The smallest absolute Gasteiger partial charge is 0.330 e. The number of amides is 2. The van der Waals surface area contributed by atoms with E-state index >= 15 is 0 Å². The number of likely N-dealkylation sites (tertiary alicyclic amines) is 1. The van der Waals surface area contributed by atoms with Crippen LogP contribution in [0.2, 0.25) is 0 Å². The average Bonchev–Trinajstić information content (AvgIpc) is 3.44. The zero-order chi connectivity index (χ0) is 26.8. The van der Waals surface area contributed by atoms with E-state index in [1.54, 1.807) is 0 Å². The molecule has 1 aromatic carbocycles. The van der Waals surface area contributed by atoms with E-state index in [9.17, 15) is 19.5 Å². The van der Waals surface area contributed by atoms with Gasteiger partial charge in [-0.1, -0.05) is 12.1 Å². The van der Waals surface area contributed by atoms with Crippen LogP contribution >= 0.6 is 11.3 Å². The second-order valence-corrected chi connectivity index (χ2v) is 9.34. The molecule has 1 unspecified atom stereocenters. The molecule has 0 radical (unpaired) electrons. The molecule has 14 nitrogen and oxygen atoms in total. The minimum Gasteiger partial charge on any atom is -0.391 e. The Morgan fingerprint density at radius 1 is 1.36 bits per heavy atom. The first-order chi connectivity index (χ1) is 17.0. The SMILES string of the molecule is CC(=O)N1C[C@H](O)C[C@H]1C(=O)N[C@@H](CCCN=C(N)N)C(=O)c1nc2ccccc2s1.O=S(O)OO. The number of aliphatic hydroxyl groups is 1. The van der Waals surface area contributed by atoms with Crippen LogP contribution in [0.25, 0.3) is 10.2 Å². The number of aromatic nitrogens is 1. The first-order valence-corrected chi connectivity index (χ1v) is 12.5. The standard InChI is InChI=1S/C20H26N6O4S.H2O4S/c1-11(27)26-10-12(28)9-15(26)18(30)24-14(6-4-8-23-20(21)22)17(29)19-25-13-5-2-3-7-16(13)31-19;1-4-5(2)3/h2-3,5,7,12,14-15,28H,4,6,8-10H2,1H3,(H,24,30)(H4,21,22,23);1H,(H,2,3)/t12-,14+,15+;/m1./s1. The highest BCUT2D eigenvalue weighted by atomic mass is 32.2. The largest absolute Gasteiger partial charge is 0.391 e. The van der Waals surface area contributed by atoms with Gasteiger partial charge in [0.05, 0.1) is 22.4 Å². The summed E-state index contributed by atoms with van der Waals surface area (Å²) in [6, 6.07) is 5.72. The van der Waals surface area contributed by atoms with E-state index in [4.69, 9.17) is 25.5 Å². The van der Waals surface area contributed by atoms with Gasteiger partial charge in [-0.15, -0.1) is 15.7 Å². The lowest BCUT2D eigenvalue weighted by Crippen LogP contribution is -2.50. The summed E-state index contributed by atoms with van der Waals surface area (Å²) in [5.41, 5.74) is 11.4. The Kier molecular flexibility index (Phi) is 11.3. The average molecular weight is 545 g/mol. The maximum absolute atomic E-state index is 13.2. The number of hydrogen-bond donors (Lipinski definition) is 6. The van der Waals surface area contributed by atoms with Crippen molar-refractivity contribution < 1.29 is 37.8 Å². The van der Waals surface area contributed by atoms with E-state index in [0.29, 0.717) is 29.9 Å². The molecule has 0 saturated carbocycles. The van der Waals surface area contributed by atoms with Crippen LogP contribution in [-0.2, 0) is 25.3 Å². The molecule has 3 rings (SSSR count). The summed E-state index contributed by atoms with van der Waals surface area (Å²) in [6.45, 7) is 1.75. The van der Waals surface area contributed by atoms with Gasteiger partial charge < -0.3 is 26.8 Å². The number of fused-ring (bicyclic) bond motifs is 1. The summed E-state index contributed by atoms with van der Waals surface area (Å²) in [5.74, 6) is -1.14. The predicted molar refractivity (Wildman–Crippen MR) is 132 cm³/mol. The fourth-order valence-corrected chi connectivity index (χ4v) is 4.54. The van der Waals surface area contributed by atoms with Crippen LogP contribution in [0.4, 0.5) is 0 Å². The lowest BCUT2D eigenvalue weighted by Gasteiger charge is -2.24. The van der Waals surface area contributed by atoms with Gasteiger partial charge in [0.2, 0.25) is 17.6 Å². The molecule has 1 saturated heterocycles. The number of carbonyl (C=O) groups is 3. The van der Waals surface area contributed by atoms with Crippen molar-refractivity contribution in [1.29, 1.82) is 0 Å². The van der Waals surface area contributed by atoms with Crippen LogP contribution in [0, 0.1) is 0 Å². The number of Topliss-reactive ketones (excluding diaryl/α,β-unsaturated/α-hetero) is 1. The zero-order valence-corrected chi connectivity index (χ0v) is 20.9. The summed E-state index contributed by atoms with van der Waals surface area (Å²) in [6.07, 6.45) is 0.108. The first kappa shape index (κ1) is 29.2. The molecule has 198 valence electrons. The first-order valence-electron chi connectivity index (χ1n) is 10.7. The Balaban J connectivity index is 0.000000830. The number of rotatable bonds is 9. The molecule has 1 aliphatic rings.